The van der Waals surface area contributed by atoms with Gasteiger partial charge in [-0.1, -0.05) is 70.4 Å². The Hall–Kier alpha value is -3.56. The smallest absolute Gasteiger partial charge is 0.248 e. The zero-order valence-corrected chi connectivity index (χ0v) is 22.9. The number of unbranched alkanes of at least 4 members (excludes halogenated alkanes) is 1. The molecule has 212 valence electrons. The number of carbonyl (C=O) groups excluding carboxylic acids is 4. The quantitative estimate of drug-likeness (QED) is 0.177. The number of aliphatic hydroxyl groups is 3. The summed E-state index contributed by atoms with van der Waals surface area (Å²) in [5, 5.41) is 35.6. The number of amides is 2. The molecule has 0 unspecified atom stereocenters. The Labute approximate surface area is 229 Å². The van der Waals surface area contributed by atoms with Crippen molar-refractivity contribution in [1.29, 1.82) is 0 Å². The molecule has 0 aromatic rings. The lowest BCUT2D eigenvalue weighted by Gasteiger charge is -2.31. The normalized spacial score (nSPS) is 23.8. The molecule has 0 bridgehead atoms. The number of ketones is 2. The minimum absolute atomic E-state index is 0.0896. The van der Waals surface area contributed by atoms with Crippen molar-refractivity contribution in [3.8, 4) is 0 Å². The first-order valence-electron chi connectivity index (χ1n) is 13.4. The van der Waals surface area contributed by atoms with E-state index < -0.39 is 29.3 Å². The average molecular weight is 541 g/mol. The molecule has 0 saturated heterocycles. The minimum Gasteiger partial charge on any atom is -0.510 e. The summed E-state index contributed by atoms with van der Waals surface area (Å²) in [6, 6.07) is 0. The van der Waals surface area contributed by atoms with Crippen LogP contribution in [0.5, 0.6) is 0 Å². The van der Waals surface area contributed by atoms with Crippen molar-refractivity contribution in [2.24, 2.45) is 11.8 Å². The maximum atomic E-state index is 12.4. The molecule has 0 aromatic heterocycles. The Morgan fingerprint density at radius 1 is 1.05 bits per heavy atom. The van der Waals surface area contributed by atoms with Crippen LogP contribution in [0, 0.1) is 11.8 Å². The zero-order chi connectivity index (χ0) is 29.0. The van der Waals surface area contributed by atoms with Crippen molar-refractivity contribution in [3.63, 3.8) is 0 Å². The Morgan fingerprint density at radius 3 is 2.41 bits per heavy atom. The summed E-state index contributed by atoms with van der Waals surface area (Å²) in [5.41, 5.74) is -2.07. The molecule has 0 spiro atoms. The molecule has 2 amide bonds. The molecule has 0 radical (unpaired) electrons. The number of nitrogens with one attached hydrogen (secondary N) is 2. The number of Topliss-reactive ketones (excluding diaryl/α,β-unsaturated/α-hetero) is 2. The van der Waals surface area contributed by atoms with Crippen LogP contribution in [-0.2, 0) is 19.2 Å². The summed E-state index contributed by atoms with van der Waals surface area (Å²) in [6.45, 7) is 6.38. The van der Waals surface area contributed by atoms with Crippen LogP contribution in [-0.4, -0.2) is 50.4 Å². The van der Waals surface area contributed by atoms with E-state index in [-0.39, 0.29) is 48.1 Å². The fourth-order valence-corrected chi connectivity index (χ4v) is 4.36. The maximum absolute atomic E-state index is 12.4. The predicted octanol–water partition coefficient (Wildman–Crippen LogP) is 3.38. The SMILES string of the molecule is CCCC[C@H](C)C[C@@H](C)/C=C/C(=O)NC1=C[C@@](O)(/C=C/C=C/C=C/C(=O)NC2=C(O)CCC2=O)[C@H](O)CC1=O. The van der Waals surface area contributed by atoms with Gasteiger partial charge in [-0.05, 0) is 36.5 Å². The van der Waals surface area contributed by atoms with E-state index in [2.05, 4.69) is 24.5 Å². The minimum atomic E-state index is -1.89. The highest BCUT2D eigenvalue weighted by Crippen LogP contribution is 2.26. The van der Waals surface area contributed by atoms with E-state index in [0.717, 1.165) is 31.4 Å². The van der Waals surface area contributed by atoms with Gasteiger partial charge < -0.3 is 26.0 Å². The molecular formula is C30H40N2O7. The summed E-state index contributed by atoms with van der Waals surface area (Å²) in [6.07, 6.45) is 15.5. The lowest BCUT2D eigenvalue weighted by atomic mass is 9.85. The number of allylic oxidation sites excluding steroid dienone is 8. The number of aliphatic hydroxyl groups excluding tert-OH is 2. The first-order chi connectivity index (χ1) is 18.4. The summed E-state index contributed by atoms with van der Waals surface area (Å²) < 4.78 is 0. The van der Waals surface area contributed by atoms with Crippen LogP contribution in [0.25, 0.3) is 0 Å². The summed E-state index contributed by atoms with van der Waals surface area (Å²) in [7, 11) is 0. The van der Waals surface area contributed by atoms with Gasteiger partial charge in [-0.15, -0.1) is 0 Å². The summed E-state index contributed by atoms with van der Waals surface area (Å²) in [5.74, 6) is -1.28. The lowest BCUT2D eigenvalue weighted by Crippen LogP contribution is -2.46. The molecule has 0 saturated carbocycles. The Bertz CT molecular complexity index is 1110. The van der Waals surface area contributed by atoms with Gasteiger partial charge in [-0.3, -0.25) is 19.2 Å². The van der Waals surface area contributed by atoms with Gasteiger partial charge in [0.1, 0.15) is 17.1 Å². The summed E-state index contributed by atoms with van der Waals surface area (Å²) >= 11 is 0. The van der Waals surface area contributed by atoms with Gasteiger partial charge in [-0.25, -0.2) is 0 Å². The van der Waals surface area contributed by atoms with Gasteiger partial charge in [0, 0.05) is 25.3 Å². The van der Waals surface area contributed by atoms with E-state index in [9.17, 15) is 34.5 Å². The van der Waals surface area contributed by atoms with Crippen LogP contribution < -0.4 is 10.6 Å². The highest BCUT2D eigenvalue weighted by molar-refractivity contribution is 6.03. The number of rotatable bonds is 13. The van der Waals surface area contributed by atoms with Gasteiger partial charge in [0.25, 0.3) is 0 Å². The van der Waals surface area contributed by atoms with E-state index in [1.807, 2.05) is 6.92 Å². The van der Waals surface area contributed by atoms with E-state index in [0.29, 0.717) is 5.92 Å². The highest BCUT2D eigenvalue weighted by Gasteiger charge is 2.38. The third kappa shape index (κ3) is 10.3. The van der Waals surface area contributed by atoms with Crippen LogP contribution >= 0.6 is 0 Å². The van der Waals surface area contributed by atoms with Crippen molar-refractivity contribution in [3.05, 3.63) is 71.8 Å². The third-order valence-corrected chi connectivity index (χ3v) is 6.60. The molecule has 9 heteroatoms. The first kappa shape index (κ1) is 31.7. The van der Waals surface area contributed by atoms with Crippen molar-refractivity contribution in [1.82, 2.24) is 10.6 Å². The van der Waals surface area contributed by atoms with E-state index in [1.54, 1.807) is 6.08 Å². The number of hydrogen-bond donors (Lipinski definition) is 5. The molecule has 5 N–H and O–H groups in total. The van der Waals surface area contributed by atoms with E-state index in [4.69, 9.17) is 0 Å². The average Bonchev–Trinajstić information content (AvgIpc) is 3.19. The van der Waals surface area contributed by atoms with Gasteiger partial charge in [-0.2, -0.15) is 0 Å². The van der Waals surface area contributed by atoms with Crippen LogP contribution in [0.2, 0.25) is 0 Å². The zero-order valence-electron chi connectivity index (χ0n) is 22.9. The molecule has 0 fully saturated rings. The molecule has 0 heterocycles. The Morgan fingerprint density at radius 2 is 1.74 bits per heavy atom. The highest BCUT2D eigenvalue weighted by atomic mass is 16.3. The van der Waals surface area contributed by atoms with Crippen LogP contribution in [0.1, 0.15) is 65.7 Å². The van der Waals surface area contributed by atoms with Crippen LogP contribution in [0.3, 0.4) is 0 Å². The van der Waals surface area contributed by atoms with E-state index in [1.165, 1.54) is 42.9 Å². The van der Waals surface area contributed by atoms with E-state index >= 15 is 0 Å². The standard InChI is InChI=1S/C30H40N2O7/c1-4-5-10-20(2)17-21(3)12-15-28(38)31-22-19-30(39,26(36)18-25(22)35)16-9-7-6-8-11-27(37)32-29-23(33)13-14-24(29)34/h6-9,11-12,15-16,19-21,26,33,36,39H,4-5,10,13-14,17-18H2,1-3H3,(H,31,38)(H,32,37)/b7-6+,11-8+,15-12+,16-9+/t20-,21-,26+,30-/m0/s1. The molecule has 2 rings (SSSR count). The fourth-order valence-electron chi connectivity index (χ4n) is 4.36. The fraction of sp³-hybridized carbons (Fsp3) is 0.467. The largest absolute Gasteiger partial charge is 0.510 e. The molecule has 0 aliphatic heterocycles. The maximum Gasteiger partial charge on any atom is 0.248 e. The van der Waals surface area contributed by atoms with Crippen molar-refractivity contribution in [2.75, 3.05) is 0 Å². The first-order valence-corrected chi connectivity index (χ1v) is 13.4. The lowest BCUT2D eigenvalue weighted by molar-refractivity contribution is -0.124. The molecule has 39 heavy (non-hydrogen) atoms. The molecular weight excluding hydrogens is 500 g/mol. The molecule has 4 atom stereocenters. The Kier molecular flexibility index (Phi) is 12.3. The van der Waals surface area contributed by atoms with Crippen molar-refractivity contribution in [2.45, 2.75) is 77.4 Å². The van der Waals surface area contributed by atoms with Gasteiger partial charge in [0.2, 0.25) is 11.8 Å². The third-order valence-electron chi connectivity index (χ3n) is 6.60. The summed E-state index contributed by atoms with van der Waals surface area (Å²) in [4.78, 5) is 48.2. The topological polar surface area (TPSA) is 153 Å². The van der Waals surface area contributed by atoms with Gasteiger partial charge in [0.15, 0.2) is 11.6 Å². The molecule has 2 aliphatic carbocycles. The molecule has 2 aliphatic rings. The second-order valence-electron chi connectivity index (χ2n) is 10.2. The second kappa shape index (κ2) is 15.1. The van der Waals surface area contributed by atoms with Crippen molar-refractivity contribution >= 4 is 23.4 Å². The Balaban J connectivity index is 1.94. The van der Waals surface area contributed by atoms with Crippen LogP contribution in [0.15, 0.2) is 71.8 Å². The van der Waals surface area contributed by atoms with Gasteiger partial charge >= 0.3 is 0 Å². The predicted molar refractivity (Wildman–Crippen MR) is 148 cm³/mol. The van der Waals surface area contributed by atoms with Gasteiger partial charge in [0.05, 0.1) is 11.8 Å². The molecule has 0 aromatic carbocycles. The second-order valence-corrected chi connectivity index (χ2v) is 10.2. The molecule has 9 nitrogen and oxygen atoms in total. The monoisotopic (exact) mass is 540 g/mol. The number of carbonyl (C=O) groups is 4. The van der Waals surface area contributed by atoms with Crippen molar-refractivity contribution < 1.29 is 34.5 Å². The number of hydrogen-bond acceptors (Lipinski definition) is 7. The van der Waals surface area contributed by atoms with Crippen LogP contribution in [0.4, 0.5) is 0 Å².